The molecular weight excluding hydrogens is 365 g/mol. The first kappa shape index (κ1) is 19.3. The second-order valence-corrected chi connectivity index (χ2v) is 6.43. The van der Waals surface area contributed by atoms with Crippen LogP contribution in [0.25, 0.3) is 10.9 Å². The van der Waals surface area contributed by atoms with Crippen LogP contribution in [0.3, 0.4) is 0 Å². The van der Waals surface area contributed by atoms with E-state index in [1.807, 2.05) is 0 Å². The quantitative estimate of drug-likeness (QED) is 0.656. The number of aryl methyl sites for hydroxylation is 1. The number of nitrogens with zero attached hydrogens (tertiary/aromatic N) is 1. The molecule has 3 aromatic rings. The van der Waals surface area contributed by atoms with Gasteiger partial charge >= 0.3 is 0 Å². The number of halogens is 1. The molecule has 1 aromatic heterocycles. The predicted molar refractivity (Wildman–Crippen MR) is 102 cm³/mol. The molecule has 0 spiro atoms. The Morgan fingerprint density at radius 2 is 1.82 bits per heavy atom. The van der Waals surface area contributed by atoms with Gasteiger partial charge in [0.1, 0.15) is 22.8 Å². The molecule has 0 aliphatic carbocycles. The summed E-state index contributed by atoms with van der Waals surface area (Å²) in [5.41, 5.74) is -0.971. The van der Waals surface area contributed by atoms with Gasteiger partial charge in [0.25, 0.3) is 5.56 Å². The lowest BCUT2D eigenvalue weighted by Gasteiger charge is -2.14. The van der Waals surface area contributed by atoms with Gasteiger partial charge in [0.15, 0.2) is 17.3 Å². The molecule has 0 amide bonds. The number of ketones is 2. The van der Waals surface area contributed by atoms with E-state index >= 15 is 0 Å². The Morgan fingerprint density at radius 1 is 1.14 bits per heavy atom. The van der Waals surface area contributed by atoms with Crippen molar-refractivity contribution in [1.82, 2.24) is 4.57 Å². The van der Waals surface area contributed by atoms with E-state index in [-0.39, 0.29) is 35.3 Å². The molecule has 28 heavy (non-hydrogen) atoms. The van der Waals surface area contributed by atoms with Crippen molar-refractivity contribution in [3.05, 3.63) is 64.2 Å². The van der Waals surface area contributed by atoms with E-state index in [2.05, 4.69) is 0 Å². The van der Waals surface area contributed by atoms with Gasteiger partial charge in [-0.2, -0.15) is 0 Å². The lowest BCUT2D eigenvalue weighted by Crippen LogP contribution is -2.25. The van der Waals surface area contributed by atoms with Gasteiger partial charge in [0, 0.05) is 31.3 Å². The molecule has 2 aromatic carbocycles. The smallest absolute Gasteiger partial charge is 0.265 e. The second kappa shape index (κ2) is 7.64. The van der Waals surface area contributed by atoms with Crippen LogP contribution < -0.4 is 10.3 Å². The van der Waals surface area contributed by atoms with E-state index in [4.69, 9.17) is 4.74 Å². The summed E-state index contributed by atoms with van der Waals surface area (Å²) in [5.74, 6) is -1.95. The molecule has 1 N–H and O–H groups in total. The highest BCUT2D eigenvalue weighted by Crippen LogP contribution is 2.33. The third kappa shape index (κ3) is 3.64. The van der Waals surface area contributed by atoms with Gasteiger partial charge in [-0.3, -0.25) is 9.59 Å². The molecular formula is C21H18FNO5. The molecule has 0 unspecified atom stereocenters. The number of hydrogen-bond donors (Lipinski definition) is 1. The predicted octanol–water partition coefficient (Wildman–Crippen LogP) is 3.73. The number of ether oxygens (including phenoxy) is 1. The zero-order valence-corrected chi connectivity index (χ0v) is 15.4. The topological polar surface area (TPSA) is 85.6 Å². The van der Waals surface area contributed by atoms with Crippen LogP contribution >= 0.6 is 0 Å². The maximum absolute atomic E-state index is 14.6. The maximum atomic E-state index is 14.6. The Kier molecular flexibility index (Phi) is 5.26. The number of Topliss-reactive ketones (excluding diaryl/α,β-unsaturated/α-hetero) is 2. The molecule has 0 radical (unpaired) electrons. The first-order valence-corrected chi connectivity index (χ1v) is 8.60. The highest BCUT2D eigenvalue weighted by Gasteiger charge is 2.23. The third-order valence-electron chi connectivity index (χ3n) is 4.38. The molecule has 0 fully saturated rings. The van der Waals surface area contributed by atoms with Gasteiger partial charge in [-0.15, -0.1) is 0 Å². The fourth-order valence-electron chi connectivity index (χ4n) is 2.88. The molecule has 7 heteroatoms. The SMILES string of the molecule is CC(=O)CCC(=O)c1c(O)c2cc(F)c(Oc3ccccc3)cc2n(C)c1=O. The van der Waals surface area contributed by atoms with E-state index in [9.17, 15) is 23.9 Å². The molecule has 3 rings (SSSR count). The minimum Gasteiger partial charge on any atom is -0.506 e. The molecule has 0 bridgehead atoms. The van der Waals surface area contributed by atoms with Gasteiger partial charge < -0.3 is 19.2 Å². The summed E-state index contributed by atoms with van der Waals surface area (Å²) < 4.78 is 21.2. The fourth-order valence-corrected chi connectivity index (χ4v) is 2.88. The number of para-hydroxylation sites is 1. The lowest BCUT2D eigenvalue weighted by molar-refractivity contribution is -0.116. The normalized spacial score (nSPS) is 10.8. The van der Waals surface area contributed by atoms with Crippen LogP contribution in [0.2, 0.25) is 0 Å². The fraction of sp³-hybridized carbons (Fsp3) is 0.190. The summed E-state index contributed by atoms with van der Waals surface area (Å²) in [7, 11) is 1.41. The van der Waals surface area contributed by atoms with Crippen molar-refractivity contribution in [2.75, 3.05) is 0 Å². The largest absolute Gasteiger partial charge is 0.506 e. The summed E-state index contributed by atoms with van der Waals surface area (Å²) in [6.45, 7) is 1.33. The van der Waals surface area contributed by atoms with Crippen LogP contribution in [-0.2, 0) is 11.8 Å². The summed E-state index contributed by atoms with van der Waals surface area (Å²) in [5, 5.41) is 10.5. The molecule has 0 saturated heterocycles. The number of carbonyl (C=O) groups is 2. The van der Waals surface area contributed by atoms with Crippen molar-refractivity contribution in [2.45, 2.75) is 19.8 Å². The van der Waals surface area contributed by atoms with Crippen LogP contribution in [0, 0.1) is 5.82 Å². The summed E-state index contributed by atoms with van der Waals surface area (Å²) in [6.07, 6.45) is -0.251. The van der Waals surface area contributed by atoms with Crippen molar-refractivity contribution >= 4 is 22.5 Å². The van der Waals surface area contributed by atoms with Gasteiger partial charge in [-0.1, -0.05) is 18.2 Å². The molecule has 0 atom stereocenters. The molecule has 1 heterocycles. The number of aromatic nitrogens is 1. The van der Waals surface area contributed by atoms with Crippen LogP contribution in [0.5, 0.6) is 17.2 Å². The Hall–Kier alpha value is -3.48. The van der Waals surface area contributed by atoms with Crippen molar-refractivity contribution in [3.8, 4) is 17.2 Å². The van der Waals surface area contributed by atoms with Gasteiger partial charge in [0.05, 0.1) is 5.52 Å². The van der Waals surface area contributed by atoms with Crippen molar-refractivity contribution in [3.63, 3.8) is 0 Å². The van der Waals surface area contributed by atoms with Crippen LogP contribution in [0.4, 0.5) is 4.39 Å². The molecule has 144 valence electrons. The average molecular weight is 383 g/mol. The maximum Gasteiger partial charge on any atom is 0.265 e. The van der Waals surface area contributed by atoms with E-state index in [1.165, 1.54) is 20.0 Å². The molecule has 0 saturated carbocycles. The van der Waals surface area contributed by atoms with E-state index < -0.39 is 28.5 Å². The van der Waals surface area contributed by atoms with E-state index in [0.29, 0.717) is 5.75 Å². The minimum atomic E-state index is -0.757. The highest BCUT2D eigenvalue weighted by atomic mass is 19.1. The summed E-state index contributed by atoms with van der Waals surface area (Å²) in [6, 6.07) is 10.9. The highest BCUT2D eigenvalue weighted by molar-refractivity contribution is 6.04. The Bertz CT molecular complexity index is 1140. The Morgan fingerprint density at radius 3 is 2.46 bits per heavy atom. The van der Waals surface area contributed by atoms with E-state index in [1.54, 1.807) is 30.3 Å². The monoisotopic (exact) mass is 383 g/mol. The second-order valence-electron chi connectivity index (χ2n) is 6.43. The Labute approximate surface area is 159 Å². The average Bonchev–Trinajstić information content (AvgIpc) is 2.66. The first-order valence-electron chi connectivity index (χ1n) is 8.60. The number of rotatable bonds is 6. The van der Waals surface area contributed by atoms with Crippen molar-refractivity contribution in [2.24, 2.45) is 7.05 Å². The number of carbonyl (C=O) groups excluding carboxylic acids is 2. The number of pyridine rings is 1. The summed E-state index contributed by atoms with van der Waals surface area (Å²) in [4.78, 5) is 36.0. The Balaban J connectivity index is 2.12. The minimum absolute atomic E-state index is 0.00573. The standard InChI is InChI=1S/C21H18FNO5/c1-12(24)8-9-17(25)19-20(26)14-10-15(22)18(11-16(14)23(2)21(19)27)28-13-6-4-3-5-7-13/h3-7,10-11,26H,8-9H2,1-2H3. The van der Waals surface area contributed by atoms with Crippen LogP contribution in [0.1, 0.15) is 30.1 Å². The van der Waals surface area contributed by atoms with Gasteiger partial charge in [0.2, 0.25) is 0 Å². The van der Waals surface area contributed by atoms with Crippen molar-refractivity contribution < 1.29 is 23.8 Å². The number of benzene rings is 2. The zero-order valence-electron chi connectivity index (χ0n) is 15.4. The lowest BCUT2D eigenvalue weighted by atomic mass is 10.0. The molecule has 0 aliphatic rings. The van der Waals surface area contributed by atoms with Gasteiger partial charge in [-0.05, 0) is 25.1 Å². The number of hydrogen-bond acceptors (Lipinski definition) is 5. The van der Waals surface area contributed by atoms with Crippen LogP contribution in [-0.4, -0.2) is 21.2 Å². The third-order valence-corrected chi connectivity index (χ3v) is 4.38. The zero-order chi connectivity index (χ0) is 20.4. The van der Waals surface area contributed by atoms with Crippen molar-refractivity contribution in [1.29, 1.82) is 0 Å². The summed E-state index contributed by atoms with van der Waals surface area (Å²) >= 11 is 0. The first-order chi connectivity index (χ1) is 13.3. The number of fused-ring (bicyclic) bond motifs is 1. The van der Waals surface area contributed by atoms with Gasteiger partial charge in [-0.25, -0.2) is 4.39 Å². The van der Waals surface area contributed by atoms with E-state index in [0.717, 1.165) is 10.6 Å². The van der Waals surface area contributed by atoms with Crippen LogP contribution in [0.15, 0.2) is 47.3 Å². The number of aromatic hydroxyl groups is 1. The molecule has 6 nitrogen and oxygen atoms in total. The molecule has 0 aliphatic heterocycles.